The molecule has 1 fully saturated rings. The van der Waals surface area contributed by atoms with E-state index < -0.39 is 11.4 Å². The molecule has 1 aliphatic heterocycles. The summed E-state index contributed by atoms with van der Waals surface area (Å²) < 4.78 is 0. The van der Waals surface area contributed by atoms with E-state index in [9.17, 15) is 9.90 Å². The van der Waals surface area contributed by atoms with Crippen molar-refractivity contribution < 1.29 is 9.90 Å². The van der Waals surface area contributed by atoms with Gasteiger partial charge in [-0.25, -0.2) is 0 Å². The van der Waals surface area contributed by atoms with Crippen molar-refractivity contribution in [3.8, 4) is 0 Å². The fraction of sp³-hybridized carbons (Fsp3) is 0.588. The molecule has 1 aromatic carbocycles. The standard InChI is InChI=1S/C17H25NO2/c1-13-9-10-14(2)18(11-13)12-17(3,16(19)20)15-7-5-4-6-8-15/h4-8,13-14H,9-12H2,1-3H3,(H,19,20). The van der Waals surface area contributed by atoms with Crippen LogP contribution in [0.1, 0.15) is 39.2 Å². The zero-order valence-electron chi connectivity index (χ0n) is 12.7. The smallest absolute Gasteiger partial charge is 0.315 e. The van der Waals surface area contributed by atoms with Gasteiger partial charge in [-0.1, -0.05) is 37.3 Å². The van der Waals surface area contributed by atoms with Crippen LogP contribution in [0, 0.1) is 5.92 Å². The van der Waals surface area contributed by atoms with Gasteiger partial charge in [-0.3, -0.25) is 9.69 Å². The summed E-state index contributed by atoms with van der Waals surface area (Å²) in [5, 5.41) is 9.74. The van der Waals surface area contributed by atoms with Gasteiger partial charge in [0.1, 0.15) is 5.41 Å². The number of carboxylic acid groups (broad SMARTS) is 1. The predicted octanol–water partition coefficient (Wildman–Crippen LogP) is 3.15. The Bertz CT molecular complexity index is 459. The van der Waals surface area contributed by atoms with Crippen LogP contribution < -0.4 is 0 Å². The van der Waals surface area contributed by atoms with Crippen LogP contribution >= 0.6 is 0 Å². The molecular weight excluding hydrogens is 250 g/mol. The van der Waals surface area contributed by atoms with E-state index in [1.165, 1.54) is 6.42 Å². The normalized spacial score (nSPS) is 26.9. The quantitative estimate of drug-likeness (QED) is 0.917. The highest BCUT2D eigenvalue weighted by Crippen LogP contribution is 2.29. The third kappa shape index (κ3) is 3.04. The maximum atomic E-state index is 11.9. The Kier molecular flexibility index (Phi) is 4.48. The van der Waals surface area contributed by atoms with E-state index in [0.29, 0.717) is 18.5 Å². The molecular formula is C17H25NO2. The first-order valence-corrected chi connectivity index (χ1v) is 7.46. The molecule has 0 saturated carbocycles. The monoisotopic (exact) mass is 275 g/mol. The van der Waals surface area contributed by atoms with Crippen LogP contribution in [-0.2, 0) is 10.2 Å². The molecule has 0 radical (unpaired) electrons. The number of hydrogen-bond acceptors (Lipinski definition) is 2. The van der Waals surface area contributed by atoms with Crippen molar-refractivity contribution in [1.82, 2.24) is 4.90 Å². The van der Waals surface area contributed by atoms with Gasteiger partial charge in [0.25, 0.3) is 0 Å². The number of benzene rings is 1. The first kappa shape index (κ1) is 15.0. The van der Waals surface area contributed by atoms with E-state index in [2.05, 4.69) is 18.7 Å². The fourth-order valence-electron chi connectivity index (χ4n) is 3.09. The van der Waals surface area contributed by atoms with Crippen molar-refractivity contribution in [3.05, 3.63) is 35.9 Å². The average Bonchev–Trinajstić information content (AvgIpc) is 2.43. The maximum Gasteiger partial charge on any atom is 0.315 e. The van der Waals surface area contributed by atoms with Crippen LogP contribution in [0.4, 0.5) is 0 Å². The summed E-state index contributed by atoms with van der Waals surface area (Å²) in [7, 11) is 0. The van der Waals surface area contributed by atoms with E-state index >= 15 is 0 Å². The van der Waals surface area contributed by atoms with Crippen LogP contribution in [-0.4, -0.2) is 35.1 Å². The predicted molar refractivity (Wildman–Crippen MR) is 80.9 cm³/mol. The number of piperidine rings is 1. The van der Waals surface area contributed by atoms with Gasteiger partial charge in [0.2, 0.25) is 0 Å². The summed E-state index contributed by atoms with van der Waals surface area (Å²) in [6, 6.07) is 10.1. The van der Waals surface area contributed by atoms with Gasteiger partial charge in [0.15, 0.2) is 0 Å². The van der Waals surface area contributed by atoms with Gasteiger partial charge < -0.3 is 5.11 Å². The lowest BCUT2D eigenvalue weighted by atomic mass is 9.80. The van der Waals surface area contributed by atoms with Crippen LogP contribution in [0.5, 0.6) is 0 Å². The molecule has 1 heterocycles. The van der Waals surface area contributed by atoms with E-state index in [0.717, 1.165) is 18.5 Å². The third-order valence-electron chi connectivity index (χ3n) is 4.65. The SMILES string of the molecule is CC1CCC(C)N(CC(C)(C(=O)O)c2ccccc2)C1. The molecule has 1 N–H and O–H groups in total. The maximum absolute atomic E-state index is 11.9. The molecule has 1 saturated heterocycles. The molecule has 3 heteroatoms. The third-order valence-corrected chi connectivity index (χ3v) is 4.65. The number of carboxylic acids is 1. The Hall–Kier alpha value is -1.35. The van der Waals surface area contributed by atoms with Crippen molar-refractivity contribution in [2.24, 2.45) is 5.92 Å². The van der Waals surface area contributed by atoms with E-state index in [1.54, 1.807) is 0 Å². The topological polar surface area (TPSA) is 40.5 Å². The van der Waals surface area contributed by atoms with Crippen LogP contribution in [0.25, 0.3) is 0 Å². The molecule has 1 aromatic rings. The molecule has 110 valence electrons. The van der Waals surface area contributed by atoms with E-state index in [4.69, 9.17) is 0 Å². The lowest BCUT2D eigenvalue weighted by molar-refractivity contribution is -0.144. The van der Waals surface area contributed by atoms with Crippen molar-refractivity contribution in [2.75, 3.05) is 13.1 Å². The summed E-state index contributed by atoms with van der Waals surface area (Å²) in [6.45, 7) is 7.88. The van der Waals surface area contributed by atoms with Crippen molar-refractivity contribution in [2.45, 2.75) is 45.1 Å². The molecule has 1 aliphatic rings. The molecule has 2 rings (SSSR count). The molecule has 0 aromatic heterocycles. The summed E-state index contributed by atoms with van der Waals surface area (Å²) in [5.74, 6) is -0.0888. The highest BCUT2D eigenvalue weighted by Gasteiger charge is 2.39. The summed E-state index contributed by atoms with van der Waals surface area (Å²) in [6.07, 6.45) is 2.40. The number of carbonyl (C=O) groups is 1. The van der Waals surface area contributed by atoms with Crippen LogP contribution in [0.3, 0.4) is 0 Å². The molecule has 0 aliphatic carbocycles. The molecule has 0 bridgehead atoms. The zero-order chi connectivity index (χ0) is 14.8. The Morgan fingerprint density at radius 3 is 2.55 bits per heavy atom. The summed E-state index contributed by atoms with van der Waals surface area (Å²) in [5.41, 5.74) is 0.0463. The van der Waals surface area contributed by atoms with Gasteiger partial charge in [-0.05, 0) is 38.2 Å². The second kappa shape index (κ2) is 5.96. The summed E-state index contributed by atoms with van der Waals surface area (Å²) >= 11 is 0. The first-order valence-electron chi connectivity index (χ1n) is 7.46. The first-order chi connectivity index (χ1) is 9.43. The molecule has 3 nitrogen and oxygen atoms in total. The number of likely N-dealkylation sites (tertiary alicyclic amines) is 1. The van der Waals surface area contributed by atoms with E-state index in [-0.39, 0.29) is 0 Å². The van der Waals surface area contributed by atoms with Gasteiger partial charge in [-0.2, -0.15) is 0 Å². The Morgan fingerprint density at radius 1 is 1.30 bits per heavy atom. The number of hydrogen-bond donors (Lipinski definition) is 1. The Morgan fingerprint density at radius 2 is 1.95 bits per heavy atom. The minimum absolute atomic E-state index is 0.466. The van der Waals surface area contributed by atoms with Crippen LogP contribution in [0.15, 0.2) is 30.3 Å². The van der Waals surface area contributed by atoms with Crippen molar-refractivity contribution in [3.63, 3.8) is 0 Å². The Balaban J connectivity index is 2.23. The lowest BCUT2D eigenvalue weighted by Crippen LogP contribution is -2.50. The van der Waals surface area contributed by atoms with Crippen molar-refractivity contribution >= 4 is 5.97 Å². The summed E-state index contributed by atoms with van der Waals surface area (Å²) in [4.78, 5) is 14.2. The highest BCUT2D eigenvalue weighted by molar-refractivity contribution is 5.81. The molecule has 0 amide bonds. The van der Waals surface area contributed by atoms with Gasteiger partial charge in [0.05, 0.1) is 0 Å². The van der Waals surface area contributed by atoms with Crippen molar-refractivity contribution in [1.29, 1.82) is 0 Å². The minimum atomic E-state index is -0.841. The molecule has 0 spiro atoms. The average molecular weight is 275 g/mol. The van der Waals surface area contributed by atoms with Crippen LogP contribution in [0.2, 0.25) is 0 Å². The second-order valence-electron chi connectivity index (χ2n) is 6.46. The highest BCUT2D eigenvalue weighted by atomic mass is 16.4. The Labute approximate surface area is 121 Å². The van der Waals surface area contributed by atoms with Gasteiger partial charge >= 0.3 is 5.97 Å². The molecule has 3 unspecified atom stereocenters. The number of rotatable bonds is 4. The van der Waals surface area contributed by atoms with Gasteiger partial charge in [-0.15, -0.1) is 0 Å². The minimum Gasteiger partial charge on any atom is -0.481 e. The number of nitrogens with zero attached hydrogens (tertiary/aromatic N) is 1. The molecule has 3 atom stereocenters. The largest absolute Gasteiger partial charge is 0.481 e. The lowest BCUT2D eigenvalue weighted by Gasteiger charge is -2.41. The molecule has 20 heavy (non-hydrogen) atoms. The fourth-order valence-corrected chi connectivity index (χ4v) is 3.09. The number of aliphatic carboxylic acids is 1. The second-order valence-corrected chi connectivity index (χ2v) is 6.46. The van der Waals surface area contributed by atoms with Gasteiger partial charge in [0, 0.05) is 19.1 Å². The zero-order valence-corrected chi connectivity index (χ0v) is 12.7. The van der Waals surface area contributed by atoms with E-state index in [1.807, 2.05) is 37.3 Å².